The molecule has 1 aromatic rings. The minimum absolute atomic E-state index is 0.0604. The zero-order valence-electron chi connectivity index (χ0n) is 18.7. The summed E-state index contributed by atoms with van der Waals surface area (Å²) in [6, 6.07) is 7.48. The van der Waals surface area contributed by atoms with E-state index in [1.54, 1.807) is 6.92 Å². The summed E-state index contributed by atoms with van der Waals surface area (Å²) < 4.78 is 9.83. The number of rotatable bonds is 13. The average molecular weight is 438 g/mol. The van der Waals surface area contributed by atoms with Gasteiger partial charge in [-0.1, -0.05) is 44.2 Å². The Morgan fingerprint density at radius 1 is 1.03 bits per heavy atom. The van der Waals surface area contributed by atoms with Crippen LogP contribution in [0.4, 0.5) is 4.79 Å². The van der Waals surface area contributed by atoms with E-state index in [4.69, 9.17) is 9.47 Å². The summed E-state index contributed by atoms with van der Waals surface area (Å²) in [6.45, 7) is 6.24. The van der Waals surface area contributed by atoms with Crippen molar-refractivity contribution in [3.05, 3.63) is 35.9 Å². The van der Waals surface area contributed by atoms with E-state index in [1.165, 1.54) is 7.11 Å². The standard InChI is InChI=1S/C22H35N3O6/c1-5-23-21(28)19(26)17(14-16-9-7-6-8-10-16)24-20(27)18(13-15(2)3)25-22(29)31-12-11-30-4/h6-10,15,17-19,26H,5,11-14H2,1-4H3,(H,23,28)(H,24,27)(H,25,29)/t17?,18-,19?/m0/s1. The number of aliphatic hydroxyl groups is 1. The van der Waals surface area contributed by atoms with Crippen molar-refractivity contribution in [2.45, 2.75) is 51.8 Å². The second kappa shape index (κ2) is 14.4. The molecule has 0 fully saturated rings. The number of carbonyl (C=O) groups is 3. The summed E-state index contributed by atoms with van der Waals surface area (Å²) in [6.07, 6.45) is -1.57. The summed E-state index contributed by atoms with van der Waals surface area (Å²) in [5.74, 6) is -0.964. The first-order chi connectivity index (χ1) is 14.8. The smallest absolute Gasteiger partial charge is 0.407 e. The van der Waals surface area contributed by atoms with Crippen LogP contribution in [0.25, 0.3) is 0 Å². The van der Waals surface area contributed by atoms with Crippen LogP contribution >= 0.6 is 0 Å². The van der Waals surface area contributed by atoms with Crippen molar-refractivity contribution in [1.82, 2.24) is 16.0 Å². The molecule has 174 valence electrons. The van der Waals surface area contributed by atoms with Gasteiger partial charge in [-0.25, -0.2) is 4.79 Å². The Labute approximate surface area is 183 Å². The number of carbonyl (C=O) groups excluding carboxylic acids is 3. The number of nitrogens with one attached hydrogen (secondary N) is 3. The summed E-state index contributed by atoms with van der Waals surface area (Å²) in [5.41, 5.74) is 0.850. The van der Waals surface area contributed by atoms with Gasteiger partial charge in [0.15, 0.2) is 6.10 Å². The Hall–Kier alpha value is -2.65. The first kappa shape index (κ1) is 26.4. The van der Waals surface area contributed by atoms with Gasteiger partial charge in [-0.05, 0) is 31.2 Å². The molecule has 3 amide bonds. The van der Waals surface area contributed by atoms with Gasteiger partial charge in [-0.3, -0.25) is 9.59 Å². The number of hydrogen-bond acceptors (Lipinski definition) is 6. The first-order valence-electron chi connectivity index (χ1n) is 10.5. The van der Waals surface area contributed by atoms with Crippen molar-refractivity contribution < 1.29 is 29.0 Å². The fourth-order valence-corrected chi connectivity index (χ4v) is 2.96. The second-order valence-corrected chi connectivity index (χ2v) is 7.60. The van der Waals surface area contributed by atoms with E-state index in [2.05, 4.69) is 16.0 Å². The van der Waals surface area contributed by atoms with Crippen molar-refractivity contribution >= 4 is 17.9 Å². The van der Waals surface area contributed by atoms with E-state index in [-0.39, 0.29) is 25.6 Å². The number of amides is 3. The van der Waals surface area contributed by atoms with E-state index in [0.717, 1.165) is 5.56 Å². The van der Waals surface area contributed by atoms with E-state index >= 15 is 0 Å². The number of methoxy groups -OCH3 is 1. The Morgan fingerprint density at radius 2 is 1.71 bits per heavy atom. The summed E-state index contributed by atoms with van der Waals surface area (Å²) in [7, 11) is 1.49. The largest absolute Gasteiger partial charge is 0.447 e. The maximum Gasteiger partial charge on any atom is 0.407 e. The molecule has 0 saturated carbocycles. The van der Waals surface area contributed by atoms with Gasteiger partial charge in [0.1, 0.15) is 12.6 Å². The molecule has 0 heterocycles. The molecule has 0 aromatic heterocycles. The zero-order valence-corrected chi connectivity index (χ0v) is 18.7. The third kappa shape index (κ3) is 10.3. The third-order valence-corrected chi connectivity index (χ3v) is 4.46. The van der Waals surface area contributed by atoms with Crippen LogP contribution in [0.5, 0.6) is 0 Å². The van der Waals surface area contributed by atoms with Gasteiger partial charge < -0.3 is 30.5 Å². The zero-order chi connectivity index (χ0) is 23.2. The fraction of sp³-hybridized carbons (Fsp3) is 0.591. The molecule has 9 nitrogen and oxygen atoms in total. The number of likely N-dealkylation sites (N-methyl/N-ethyl adjacent to an activating group) is 1. The van der Waals surface area contributed by atoms with Crippen molar-refractivity contribution in [1.29, 1.82) is 0 Å². The maximum absolute atomic E-state index is 13.0. The van der Waals surface area contributed by atoms with Gasteiger partial charge in [-0.2, -0.15) is 0 Å². The Kier molecular flexibility index (Phi) is 12.2. The van der Waals surface area contributed by atoms with Crippen LogP contribution in [-0.2, 0) is 25.5 Å². The van der Waals surface area contributed by atoms with Crippen LogP contribution in [0, 0.1) is 5.92 Å². The van der Waals surface area contributed by atoms with Crippen LogP contribution in [-0.4, -0.2) is 68.1 Å². The highest BCUT2D eigenvalue weighted by atomic mass is 16.6. The minimum Gasteiger partial charge on any atom is -0.447 e. The van der Waals surface area contributed by atoms with Gasteiger partial charge in [-0.15, -0.1) is 0 Å². The molecule has 0 aliphatic rings. The van der Waals surface area contributed by atoms with Crippen molar-refractivity contribution in [2.24, 2.45) is 5.92 Å². The minimum atomic E-state index is -1.45. The number of hydrogen-bond donors (Lipinski definition) is 4. The molecule has 0 radical (unpaired) electrons. The average Bonchev–Trinajstić information content (AvgIpc) is 2.73. The third-order valence-electron chi connectivity index (χ3n) is 4.46. The number of ether oxygens (including phenoxy) is 2. The SMILES string of the molecule is CCNC(=O)C(O)C(Cc1ccccc1)NC(=O)[C@H](CC(C)C)NC(=O)OCCOC. The van der Waals surface area contributed by atoms with Gasteiger partial charge in [0, 0.05) is 13.7 Å². The van der Waals surface area contributed by atoms with E-state index < -0.39 is 36.1 Å². The normalized spacial score (nSPS) is 13.7. The first-order valence-corrected chi connectivity index (χ1v) is 10.5. The van der Waals surface area contributed by atoms with Crippen LogP contribution in [0.2, 0.25) is 0 Å². The molecular formula is C22H35N3O6. The van der Waals surface area contributed by atoms with Crippen molar-refractivity contribution in [3.8, 4) is 0 Å². The summed E-state index contributed by atoms with van der Waals surface area (Å²) >= 11 is 0. The lowest BCUT2D eigenvalue weighted by Gasteiger charge is -2.27. The van der Waals surface area contributed by atoms with Crippen molar-refractivity contribution in [2.75, 3.05) is 26.9 Å². The van der Waals surface area contributed by atoms with E-state index in [9.17, 15) is 19.5 Å². The molecule has 1 rings (SSSR count). The van der Waals surface area contributed by atoms with Crippen molar-refractivity contribution in [3.63, 3.8) is 0 Å². The number of aliphatic hydroxyl groups excluding tert-OH is 1. The van der Waals surface area contributed by atoms with Crippen LogP contribution < -0.4 is 16.0 Å². The second-order valence-electron chi connectivity index (χ2n) is 7.60. The summed E-state index contributed by atoms with van der Waals surface area (Å²) in [5, 5.41) is 18.4. The lowest BCUT2D eigenvalue weighted by Crippen LogP contribution is -2.56. The van der Waals surface area contributed by atoms with E-state index in [1.807, 2.05) is 44.2 Å². The molecule has 0 bridgehead atoms. The molecule has 0 aliphatic heterocycles. The van der Waals surface area contributed by atoms with Gasteiger partial charge >= 0.3 is 6.09 Å². The predicted molar refractivity (Wildman–Crippen MR) is 116 cm³/mol. The Balaban J connectivity index is 2.93. The van der Waals surface area contributed by atoms with Gasteiger partial charge in [0.25, 0.3) is 5.91 Å². The maximum atomic E-state index is 13.0. The highest BCUT2D eigenvalue weighted by Crippen LogP contribution is 2.10. The van der Waals surface area contributed by atoms with Crippen LogP contribution in [0.1, 0.15) is 32.8 Å². The van der Waals surface area contributed by atoms with Gasteiger partial charge in [0.2, 0.25) is 5.91 Å². The number of alkyl carbamates (subject to hydrolysis) is 1. The Morgan fingerprint density at radius 3 is 2.29 bits per heavy atom. The molecule has 0 saturated heterocycles. The molecule has 1 aromatic carbocycles. The fourth-order valence-electron chi connectivity index (χ4n) is 2.96. The molecule has 0 aliphatic carbocycles. The molecular weight excluding hydrogens is 402 g/mol. The molecule has 2 unspecified atom stereocenters. The molecule has 3 atom stereocenters. The summed E-state index contributed by atoms with van der Waals surface area (Å²) in [4.78, 5) is 37.2. The lowest BCUT2D eigenvalue weighted by atomic mass is 9.98. The quantitative estimate of drug-likeness (QED) is 0.341. The van der Waals surface area contributed by atoms with Gasteiger partial charge in [0.05, 0.1) is 12.6 Å². The highest BCUT2D eigenvalue weighted by molar-refractivity contribution is 5.87. The topological polar surface area (TPSA) is 126 Å². The number of benzene rings is 1. The molecule has 9 heteroatoms. The lowest BCUT2D eigenvalue weighted by molar-refractivity contribution is -0.132. The highest BCUT2D eigenvalue weighted by Gasteiger charge is 2.31. The Bertz CT molecular complexity index is 683. The molecule has 31 heavy (non-hydrogen) atoms. The predicted octanol–water partition coefficient (Wildman–Crippen LogP) is 0.998. The monoisotopic (exact) mass is 437 g/mol. The molecule has 4 N–H and O–H groups in total. The van der Waals surface area contributed by atoms with Crippen LogP contribution in [0.3, 0.4) is 0 Å². The van der Waals surface area contributed by atoms with E-state index in [0.29, 0.717) is 13.0 Å². The van der Waals surface area contributed by atoms with Crippen LogP contribution in [0.15, 0.2) is 30.3 Å². The molecule has 0 spiro atoms.